The number of benzene rings is 2. The molecule has 2 heterocycles. The summed E-state index contributed by atoms with van der Waals surface area (Å²) >= 11 is 6.36. The quantitative estimate of drug-likeness (QED) is 0.631. The summed E-state index contributed by atoms with van der Waals surface area (Å²) in [6.45, 7) is 7.89. The molecule has 144 valence electrons. The summed E-state index contributed by atoms with van der Waals surface area (Å²) in [7, 11) is 0. The SMILES string of the molecule is CCN(CC)CCc1nnc2n1-c1ccc(Cl)cc1C(c1ccccc1)=NC2. The molecule has 0 amide bonds. The van der Waals surface area contributed by atoms with Gasteiger partial charge in [-0.05, 0) is 31.3 Å². The molecule has 4 rings (SSSR count). The Hall–Kier alpha value is -2.50. The summed E-state index contributed by atoms with van der Waals surface area (Å²) in [5, 5.41) is 9.63. The van der Waals surface area contributed by atoms with E-state index in [0.29, 0.717) is 11.6 Å². The van der Waals surface area contributed by atoms with Gasteiger partial charge in [0.1, 0.15) is 12.4 Å². The van der Waals surface area contributed by atoms with Gasteiger partial charge in [0, 0.05) is 29.1 Å². The molecule has 0 unspecified atom stereocenters. The molecule has 5 nitrogen and oxygen atoms in total. The van der Waals surface area contributed by atoms with Gasteiger partial charge in [-0.1, -0.05) is 55.8 Å². The van der Waals surface area contributed by atoms with E-state index >= 15 is 0 Å². The lowest BCUT2D eigenvalue weighted by atomic mass is 10.0. The van der Waals surface area contributed by atoms with Crippen LogP contribution in [0.1, 0.15) is 36.6 Å². The summed E-state index contributed by atoms with van der Waals surface area (Å²) in [5.41, 5.74) is 4.08. The molecular formula is C22H24ClN5. The van der Waals surface area contributed by atoms with Gasteiger partial charge < -0.3 is 4.90 Å². The highest BCUT2D eigenvalue weighted by molar-refractivity contribution is 6.31. The van der Waals surface area contributed by atoms with Crippen LogP contribution in [0, 0.1) is 0 Å². The highest BCUT2D eigenvalue weighted by Crippen LogP contribution is 2.28. The average Bonchev–Trinajstić information content (AvgIpc) is 3.05. The number of hydrogen-bond acceptors (Lipinski definition) is 4. The smallest absolute Gasteiger partial charge is 0.159 e. The molecule has 0 radical (unpaired) electrons. The standard InChI is InChI=1S/C22H24ClN5/c1-3-27(4-2)13-12-20-25-26-21-15-24-22(16-8-6-5-7-9-16)18-14-17(23)10-11-19(18)28(20)21/h5-11,14H,3-4,12-13,15H2,1-2H3. The van der Waals surface area contributed by atoms with E-state index in [1.165, 1.54) is 0 Å². The first-order valence-corrected chi connectivity index (χ1v) is 10.1. The van der Waals surface area contributed by atoms with Gasteiger partial charge in [-0.25, -0.2) is 0 Å². The Morgan fingerprint density at radius 3 is 2.57 bits per heavy atom. The van der Waals surface area contributed by atoms with Gasteiger partial charge in [0.2, 0.25) is 0 Å². The number of nitrogens with zero attached hydrogens (tertiary/aromatic N) is 5. The molecule has 0 fully saturated rings. The molecule has 3 aromatic rings. The molecule has 1 aromatic heterocycles. The first kappa shape index (κ1) is 18.8. The monoisotopic (exact) mass is 393 g/mol. The van der Waals surface area contributed by atoms with E-state index in [1.807, 2.05) is 30.3 Å². The third-order valence-electron chi connectivity index (χ3n) is 5.22. The number of halogens is 1. The molecule has 0 atom stereocenters. The fourth-order valence-corrected chi connectivity index (χ4v) is 3.84. The Bertz CT molecular complexity index is 989. The number of fused-ring (bicyclic) bond motifs is 3. The number of aliphatic imine (C=N–C) groups is 1. The van der Waals surface area contributed by atoms with Crippen molar-refractivity contribution in [1.29, 1.82) is 0 Å². The largest absolute Gasteiger partial charge is 0.303 e. The molecule has 1 aliphatic rings. The molecule has 0 saturated heterocycles. The molecule has 0 N–H and O–H groups in total. The van der Waals surface area contributed by atoms with Crippen molar-refractivity contribution in [1.82, 2.24) is 19.7 Å². The maximum atomic E-state index is 6.36. The maximum absolute atomic E-state index is 6.36. The number of rotatable bonds is 6. The second-order valence-corrected chi connectivity index (χ2v) is 7.27. The summed E-state index contributed by atoms with van der Waals surface area (Å²) < 4.78 is 2.16. The van der Waals surface area contributed by atoms with E-state index in [4.69, 9.17) is 16.6 Å². The zero-order valence-electron chi connectivity index (χ0n) is 16.3. The van der Waals surface area contributed by atoms with Crippen LogP contribution in [0.25, 0.3) is 5.69 Å². The third-order valence-corrected chi connectivity index (χ3v) is 5.46. The minimum atomic E-state index is 0.495. The lowest BCUT2D eigenvalue weighted by Crippen LogP contribution is -2.26. The maximum Gasteiger partial charge on any atom is 0.159 e. The predicted octanol–water partition coefficient (Wildman–Crippen LogP) is 4.16. The van der Waals surface area contributed by atoms with E-state index in [9.17, 15) is 0 Å². The Labute approximate surface area is 170 Å². The second-order valence-electron chi connectivity index (χ2n) is 6.84. The molecule has 2 aromatic carbocycles. The molecule has 1 aliphatic heterocycles. The van der Waals surface area contributed by atoms with Crippen LogP contribution in [0.5, 0.6) is 0 Å². The number of likely N-dealkylation sites (N-methyl/N-ethyl adjacent to an activating group) is 1. The molecule has 0 saturated carbocycles. The van der Waals surface area contributed by atoms with Crippen LogP contribution in [0.2, 0.25) is 5.02 Å². The molecule has 0 aliphatic carbocycles. The fourth-order valence-electron chi connectivity index (χ4n) is 3.66. The number of hydrogen-bond donors (Lipinski definition) is 0. The van der Waals surface area contributed by atoms with Gasteiger partial charge in [-0.3, -0.25) is 9.56 Å². The third kappa shape index (κ3) is 3.60. The molecule has 6 heteroatoms. The summed E-state index contributed by atoms with van der Waals surface area (Å²) in [6.07, 6.45) is 0.845. The van der Waals surface area contributed by atoms with Crippen LogP contribution in [-0.2, 0) is 13.0 Å². The minimum absolute atomic E-state index is 0.495. The van der Waals surface area contributed by atoms with Crippen LogP contribution in [0.3, 0.4) is 0 Å². The van der Waals surface area contributed by atoms with Crippen LogP contribution < -0.4 is 0 Å². The zero-order valence-corrected chi connectivity index (χ0v) is 17.0. The summed E-state index contributed by atoms with van der Waals surface area (Å²) in [6, 6.07) is 16.2. The van der Waals surface area contributed by atoms with E-state index in [2.05, 4.69) is 51.7 Å². The van der Waals surface area contributed by atoms with E-state index in [-0.39, 0.29) is 0 Å². The fraction of sp³-hybridized carbons (Fsp3) is 0.318. The van der Waals surface area contributed by atoms with Crippen LogP contribution in [0.4, 0.5) is 0 Å². The lowest BCUT2D eigenvalue weighted by Gasteiger charge is -2.18. The van der Waals surface area contributed by atoms with Crippen molar-refractivity contribution in [3.05, 3.63) is 76.3 Å². The van der Waals surface area contributed by atoms with E-state index in [1.54, 1.807) is 0 Å². The van der Waals surface area contributed by atoms with Gasteiger partial charge in [0.15, 0.2) is 5.82 Å². The molecular weight excluding hydrogens is 370 g/mol. The van der Waals surface area contributed by atoms with Crippen molar-refractivity contribution in [2.45, 2.75) is 26.8 Å². The van der Waals surface area contributed by atoms with E-state index in [0.717, 1.165) is 60.2 Å². The van der Waals surface area contributed by atoms with Gasteiger partial charge >= 0.3 is 0 Å². The highest BCUT2D eigenvalue weighted by Gasteiger charge is 2.23. The van der Waals surface area contributed by atoms with Crippen molar-refractivity contribution < 1.29 is 0 Å². The van der Waals surface area contributed by atoms with Crippen molar-refractivity contribution in [2.24, 2.45) is 4.99 Å². The second kappa shape index (κ2) is 8.25. The summed E-state index contributed by atoms with van der Waals surface area (Å²) in [5.74, 6) is 1.83. The number of aromatic nitrogens is 3. The molecule has 0 spiro atoms. The van der Waals surface area contributed by atoms with Crippen molar-refractivity contribution in [2.75, 3.05) is 19.6 Å². The van der Waals surface area contributed by atoms with Gasteiger partial charge in [-0.15, -0.1) is 10.2 Å². The normalized spacial score (nSPS) is 13.1. The van der Waals surface area contributed by atoms with Crippen LogP contribution in [0.15, 0.2) is 53.5 Å². The Morgan fingerprint density at radius 2 is 1.82 bits per heavy atom. The Kier molecular flexibility index (Phi) is 5.55. The van der Waals surface area contributed by atoms with Gasteiger partial charge in [0.25, 0.3) is 0 Å². The van der Waals surface area contributed by atoms with Crippen molar-refractivity contribution in [3.63, 3.8) is 0 Å². The summed E-state index contributed by atoms with van der Waals surface area (Å²) in [4.78, 5) is 7.28. The minimum Gasteiger partial charge on any atom is -0.303 e. The first-order valence-electron chi connectivity index (χ1n) is 9.77. The highest BCUT2D eigenvalue weighted by atomic mass is 35.5. The van der Waals surface area contributed by atoms with Crippen LogP contribution in [-0.4, -0.2) is 45.0 Å². The van der Waals surface area contributed by atoms with E-state index < -0.39 is 0 Å². The Morgan fingerprint density at radius 1 is 1.04 bits per heavy atom. The molecule has 28 heavy (non-hydrogen) atoms. The topological polar surface area (TPSA) is 46.3 Å². The predicted molar refractivity (Wildman–Crippen MR) is 114 cm³/mol. The molecule has 0 bridgehead atoms. The van der Waals surface area contributed by atoms with Crippen LogP contribution >= 0.6 is 11.6 Å². The Balaban J connectivity index is 1.79. The van der Waals surface area contributed by atoms with Gasteiger partial charge in [0.05, 0.1) is 11.4 Å². The zero-order chi connectivity index (χ0) is 19.5. The average molecular weight is 394 g/mol. The van der Waals surface area contributed by atoms with Crippen molar-refractivity contribution in [3.8, 4) is 5.69 Å². The lowest BCUT2D eigenvalue weighted by molar-refractivity contribution is 0.305. The first-order chi connectivity index (χ1) is 13.7. The van der Waals surface area contributed by atoms with Gasteiger partial charge in [-0.2, -0.15) is 0 Å². The van der Waals surface area contributed by atoms with Crippen molar-refractivity contribution >= 4 is 17.3 Å².